The SMILES string of the molecule is [CH2]C#C[SiH2]C(C)(C)CC. The zero-order valence-electron chi connectivity index (χ0n) is 6.62. The van der Waals surface area contributed by atoms with E-state index in [0.717, 1.165) is 0 Å². The van der Waals surface area contributed by atoms with Gasteiger partial charge < -0.3 is 0 Å². The van der Waals surface area contributed by atoms with E-state index in [4.69, 9.17) is 0 Å². The lowest BCUT2D eigenvalue weighted by Crippen LogP contribution is -2.09. The van der Waals surface area contributed by atoms with Gasteiger partial charge in [-0.2, -0.15) is 0 Å². The van der Waals surface area contributed by atoms with Crippen molar-refractivity contribution in [2.24, 2.45) is 0 Å². The highest BCUT2D eigenvalue weighted by Crippen LogP contribution is 2.25. The van der Waals surface area contributed by atoms with Crippen molar-refractivity contribution in [3.8, 4) is 11.5 Å². The van der Waals surface area contributed by atoms with Crippen LogP contribution in [0.25, 0.3) is 0 Å². The van der Waals surface area contributed by atoms with Gasteiger partial charge in [0.05, 0.1) is 0 Å². The van der Waals surface area contributed by atoms with Gasteiger partial charge in [0.2, 0.25) is 0 Å². The number of hydrogen-bond acceptors (Lipinski definition) is 0. The third-order valence-corrected chi connectivity index (χ3v) is 3.53. The van der Waals surface area contributed by atoms with E-state index in [9.17, 15) is 0 Å². The molecule has 0 unspecified atom stereocenters. The van der Waals surface area contributed by atoms with Gasteiger partial charge in [-0.15, -0.1) is 11.5 Å². The molecular weight excluding hydrogens is 124 g/mol. The summed E-state index contributed by atoms with van der Waals surface area (Å²) in [6.45, 7) is 10.3. The minimum absolute atomic E-state index is 0.184. The number of hydrogen-bond donors (Lipinski definition) is 0. The Kier molecular flexibility index (Phi) is 3.64. The van der Waals surface area contributed by atoms with E-state index in [-0.39, 0.29) is 9.52 Å². The molecule has 1 radical (unpaired) electrons. The van der Waals surface area contributed by atoms with Crippen LogP contribution in [0.15, 0.2) is 0 Å². The largest absolute Gasteiger partial charge is 0.139 e. The highest BCUT2D eigenvalue weighted by molar-refractivity contribution is 6.49. The first-order valence-electron chi connectivity index (χ1n) is 3.37. The lowest BCUT2D eigenvalue weighted by molar-refractivity contribution is 0.648. The topological polar surface area (TPSA) is 0 Å². The molecule has 0 saturated heterocycles. The first-order valence-corrected chi connectivity index (χ1v) is 4.79. The Morgan fingerprint density at radius 3 is 2.44 bits per heavy atom. The van der Waals surface area contributed by atoms with Crippen LogP contribution in [-0.4, -0.2) is 9.52 Å². The van der Waals surface area contributed by atoms with E-state index in [0.29, 0.717) is 5.04 Å². The van der Waals surface area contributed by atoms with E-state index in [2.05, 4.69) is 39.2 Å². The van der Waals surface area contributed by atoms with E-state index < -0.39 is 0 Å². The standard InChI is InChI=1S/C8H15Si/c1-5-7-9-8(3,4)6-2/h1,6,9H2,2-4H3. The molecule has 0 aliphatic heterocycles. The van der Waals surface area contributed by atoms with Crippen LogP contribution in [0.5, 0.6) is 0 Å². The summed E-state index contributed by atoms with van der Waals surface area (Å²) < 4.78 is 0. The predicted molar refractivity (Wildman–Crippen MR) is 46.0 cm³/mol. The van der Waals surface area contributed by atoms with Crippen molar-refractivity contribution in [3.63, 3.8) is 0 Å². The molecule has 0 spiro atoms. The minimum atomic E-state index is -0.184. The molecule has 0 atom stereocenters. The van der Waals surface area contributed by atoms with E-state index in [1.165, 1.54) is 6.42 Å². The van der Waals surface area contributed by atoms with E-state index in [1.54, 1.807) is 0 Å². The molecule has 0 aromatic heterocycles. The fourth-order valence-corrected chi connectivity index (χ4v) is 1.28. The highest BCUT2D eigenvalue weighted by atomic mass is 28.2. The van der Waals surface area contributed by atoms with E-state index in [1.807, 2.05) is 0 Å². The molecule has 0 aromatic rings. The molecule has 0 N–H and O–H groups in total. The van der Waals surface area contributed by atoms with Gasteiger partial charge in [-0.25, -0.2) is 0 Å². The van der Waals surface area contributed by atoms with Crippen molar-refractivity contribution in [2.45, 2.75) is 32.2 Å². The zero-order chi connectivity index (χ0) is 7.33. The molecule has 0 fully saturated rings. The van der Waals surface area contributed by atoms with E-state index >= 15 is 0 Å². The Bertz CT molecular complexity index is 125. The maximum absolute atomic E-state index is 3.50. The Labute approximate surface area is 60.9 Å². The van der Waals surface area contributed by atoms with Gasteiger partial charge in [0.1, 0.15) is 9.52 Å². The van der Waals surface area contributed by atoms with Crippen LogP contribution >= 0.6 is 0 Å². The maximum atomic E-state index is 3.50. The van der Waals surface area contributed by atoms with Crippen molar-refractivity contribution in [3.05, 3.63) is 6.92 Å². The zero-order valence-corrected chi connectivity index (χ0v) is 8.04. The molecule has 0 rings (SSSR count). The number of rotatable bonds is 2. The summed E-state index contributed by atoms with van der Waals surface area (Å²) in [6, 6.07) is 0. The Morgan fingerprint density at radius 2 is 2.11 bits per heavy atom. The highest BCUT2D eigenvalue weighted by Gasteiger charge is 2.12. The van der Waals surface area contributed by atoms with Crippen molar-refractivity contribution < 1.29 is 0 Å². The second-order valence-electron chi connectivity index (χ2n) is 3.05. The molecule has 0 aromatic carbocycles. The van der Waals surface area contributed by atoms with Crippen LogP contribution in [0.1, 0.15) is 27.2 Å². The summed E-state index contributed by atoms with van der Waals surface area (Å²) in [5.74, 6) is 2.72. The fraction of sp³-hybridized carbons (Fsp3) is 0.625. The van der Waals surface area contributed by atoms with Crippen LogP contribution in [0.2, 0.25) is 5.04 Å². The van der Waals surface area contributed by atoms with Gasteiger partial charge in [0, 0.05) is 6.92 Å². The summed E-state index contributed by atoms with van der Waals surface area (Å²) in [7, 11) is -0.184. The van der Waals surface area contributed by atoms with Crippen molar-refractivity contribution in [2.75, 3.05) is 0 Å². The monoisotopic (exact) mass is 139 g/mol. The molecule has 0 bridgehead atoms. The molecule has 9 heavy (non-hydrogen) atoms. The van der Waals surface area contributed by atoms with Crippen LogP contribution < -0.4 is 0 Å². The summed E-state index contributed by atoms with van der Waals surface area (Å²) in [5.41, 5.74) is 3.12. The average Bonchev–Trinajstić information content (AvgIpc) is 1.84. The summed E-state index contributed by atoms with van der Waals surface area (Å²) >= 11 is 0. The second-order valence-corrected chi connectivity index (χ2v) is 5.67. The normalized spacial score (nSPS) is 11.6. The van der Waals surface area contributed by atoms with Gasteiger partial charge in [-0.1, -0.05) is 27.2 Å². The van der Waals surface area contributed by atoms with Crippen molar-refractivity contribution >= 4 is 9.52 Å². The first kappa shape index (κ1) is 8.78. The van der Waals surface area contributed by atoms with Gasteiger partial charge in [-0.05, 0) is 5.04 Å². The van der Waals surface area contributed by atoms with Gasteiger partial charge in [-0.3, -0.25) is 0 Å². The molecule has 1 heteroatoms. The van der Waals surface area contributed by atoms with Crippen LogP contribution in [0.4, 0.5) is 0 Å². The molecule has 51 valence electrons. The Hall–Kier alpha value is -0.223. The smallest absolute Gasteiger partial charge is 0.112 e. The minimum Gasteiger partial charge on any atom is -0.139 e. The fourth-order valence-electron chi connectivity index (χ4n) is 0.427. The predicted octanol–water partition coefficient (Wildman–Crippen LogP) is 1.56. The van der Waals surface area contributed by atoms with Crippen molar-refractivity contribution in [1.29, 1.82) is 0 Å². The van der Waals surface area contributed by atoms with Crippen LogP contribution in [-0.2, 0) is 0 Å². The van der Waals surface area contributed by atoms with Gasteiger partial charge in [0.25, 0.3) is 0 Å². The molecule has 0 aliphatic rings. The Balaban J connectivity index is 3.67. The average molecular weight is 139 g/mol. The molecule has 0 aliphatic carbocycles. The quantitative estimate of drug-likeness (QED) is 0.402. The second kappa shape index (κ2) is 3.74. The molecular formula is C8H15Si. The lowest BCUT2D eigenvalue weighted by Gasteiger charge is -2.17. The Morgan fingerprint density at radius 1 is 1.56 bits per heavy atom. The van der Waals surface area contributed by atoms with Crippen LogP contribution in [0.3, 0.4) is 0 Å². The molecule has 0 amide bonds. The van der Waals surface area contributed by atoms with Crippen LogP contribution in [0, 0.1) is 18.4 Å². The third-order valence-electron chi connectivity index (χ3n) is 1.65. The van der Waals surface area contributed by atoms with Gasteiger partial charge >= 0.3 is 0 Å². The summed E-state index contributed by atoms with van der Waals surface area (Å²) in [6.07, 6.45) is 1.24. The lowest BCUT2D eigenvalue weighted by atomic mass is 10.1. The first-order chi connectivity index (χ1) is 4.12. The molecule has 0 saturated carbocycles. The third kappa shape index (κ3) is 4.29. The molecule has 0 heterocycles. The maximum Gasteiger partial charge on any atom is 0.112 e. The van der Waals surface area contributed by atoms with Gasteiger partial charge in [0.15, 0.2) is 0 Å². The summed E-state index contributed by atoms with van der Waals surface area (Å²) in [5, 5.41) is 0.519. The van der Waals surface area contributed by atoms with Crippen molar-refractivity contribution in [1.82, 2.24) is 0 Å². The summed E-state index contributed by atoms with van der Waals surface area (Å²) in [4.78, 5) is 0. The molecule has 0 nitrogen and oxygen atoms in total.